The number of ketones is 1. The van der Waals surface area contributed by atoms with Crippen LogP contribution >= 0.6 is 0 Å². The predicted octanol–water partition coefficient (Wildman–Crippen LogP) is 1.89. The first-order valence-corrected chi connectivity index (χ1v) is 5.44. The van der Waals surface area contributed by atoms with Gasteiger partial charge in [0.05, 0.1) is 18.4 Å². The lowest BCUT2D eigenvalue weighted by atomic mass is 10.1. The van der Waals surface area contributed by atoms with Crippen molar-refractivity contribution in [1.82, 2.24) is 0 Å². The first-order chi connectivity index (χ1) is 8.06. The predicted molar refractivity (Wildman–Crippen MR) is 66.3 cm³/mol. The van der Waals surface area contributed by atoms with Crippen molar-refractivity contribution in [3.8, 4) is 0 Å². The number of hydrogen-bond donors (Lipinski definition) is 0. The SMILES string of the molecule is COC(=O)c1ccccc1N(C)CCC(C)=O. The lowest BCUT2D eigenvalue weighted by molar-refractivity contribution is -0.116. The number of ether oxygens (including phenoxy) is 1. The van der Waals surface area contributed by atoms with Crippen molar-refractivity contribution in [2.45, 2.75) is 13.3 Å². The molecule has 4 nitrogen and oxygen atoms in total. The number of Topliss-reactive ketones (excluding diaryl/α,β-unsaturated/α-hetero) is 1. The molecule has 92 valence electrons. The van der Waals surface area contributed by atoms with Crippen LogP contribution in [0.4, 0.5) is 5.69 Å². The molecule has 0 saturated heterocycles. The smallest absolute Gasteiger partial charge is 0.339 e. The van der Waals surface area contributed by atoms with Gasteiger partial charge < -0.3 is 9.64 Å². The number of methoxy groups -OCH3 is 1. The average Bonchev–Trinajstić information content (AvgIpc) is 2.34. The maximum atomic E-state index is 11.6. The van der Waals surface area contributed by atoms with Gasteiger partial charge in [-0.1, -0.05) is 12.1 Å². The summed E-state index contributed by atoms with van der Waals surface area (Å²) < 4.78 is 4.72. The summed E-state index contributed by atoms with van der Waals surface area (Å²) in [6, 6.07) is 7.19. The summed E-state index contributed by atoms with van der Waals surface area (Å²) in [6.45, 7) is 2.14. The maximum absolute atomic E-state index is 11.6. The Kier molecular flexibility index (Phi) is 4.69. The van der Waals surface area contributed by atoms with Crippen LogP contribution in [0.25, 0.3) is 0 Å². The minimum atomic E-state index is -0.365. The molecule has 4 heteroatoms. The van der Waals surface area contributed by atoms with Gasteiger partial charge in [0.25, 0.3) is 0 Å². The third-order valence-electron chi connectivity index (χ3n) is 2.52. The van der Waals surface area contributed by atoms with Gasteiger partial charge in [0.15, 0.2) is 0 Å². The molecule has 1 aromatic carbocycles. The van der Waals surface area contributed by atoms with Crippen LogP contribution in [-0.2, 0) is 9.53 Å². The van der Waals surface area contributed by atoms with Crippen molar-refractivity contribution in [2.24, 2.45) is 0 Å². The van der Waals surface area contributed by atoms with E-state index in [1.54, 1.807) is 19.1 Å². The standard InChI is InChI=1S/C13H17NO3/c1-10(15)8-9-14(2)12-7-5-4-6-11(12)13(16)17-3/h4-7H,8-9H2,1-3H3. The highest BCUT2D eigenvalue weighted by molar-refractivity contribution is 5.95. The molecule has 0 aliphatic carbocycles. The van der Waals surface area contributed by atoms with E-state index >= 15 is 0 Å². The van der Waals surface area contributed by atoms with E-state index in [0.717, 1.165) is 5.69 Å². The molecular weight excluding hydrogens is 218 g/mol. The lowest BCUT2D eigenvalue weighted by Gasteiger charge is -2.20. The molecule has 0 spiro atoms. The van der Waals surface area contributed by atoms with E-state index in [9.17, 15) is 9.59 Å². The van der Waals surface area contributed by atoms with Crippen molar-refractivity contribution >= 4 is 17.4 Å². The second-order valence-electron chi connectivity index (χ2n) is 3.88. The number of hydrogen-bond acceptors (Lipinski definition) is 4. The largest absolute Gasteiger partial charge is 0.465 e. The molecule has 0 fully saturated rings. The van der Waals surface area contributed by atoms with Crippen LogP contribution in [0, 0.1) is 0 Å². The van der Waals surface area contributed by atoms with E-state index in [4.69, 9.17) is 4.74 Å². The van der Waals surface area contributed by atoms with Crippen LogP contribution in [0.3, 0.4) is 0 Å². The van der Waals surface area contributed by atoms with E-state index in [0.29, 0.717) is 18.5 Å². The number of esters is 1. The molecule has 1 aromatic rings. The molecule has 0 radical (unpaired) electrons. The highest BCUT2D eigenvalue weighted by Crippen LogP contribution is 2.20. The molecule has 0 aliphatic heterocycles. The normalized spacial score (nSPS) is 9.82. The van der Waals surface area contributed by atoms with Gasteiger partial charge in [0.2, 0.25) is 0 Å². The minimum Gasteiger partial charge on any atom is -0.465 e. The molecular formula is C13H17NO3. The number of anilines is 1. The maximum Gasteiger partial charge on any atom is 0.339 e. The summed E-state index contributed by atoms with van der Waals surface area (Å²) in [7, 11) is 3.21. The minimum absolute atomic E-state index is 0.132. The summed E-state index contributed by atoms with van der Waals surface area (Å²) in [5.41, 5.74) is 1.29. The Morgan fingerprint density at radius 1 is 1.29 bits per heavy atom. The number of benzene rings is 1. The zero-order valence-electron chi connectivity index (χ0n) is 10.4. The molecule has 1 rings (SSSR count). The fraction of sp³-hybridized carbons (Fsp3) is 0.385. The second kappa shape index (κ2) is 6.03. The van der Waals surface area contributed by atoms with Crippen molar-refractivity contribution < 1.29 is 14.3 Å². The van der Waals surface area contributed by atoms with Gasteiger partial charge >= 0.3 is 5.97 Å². The molecule has 0 amide bonds. The van der Waals surface area contributed by atoms with Crippen LogP contribution in [0.1, 0.15) is 23.7 Å². The average molecular weight is 235 g/mol. The lowest BCUT2D eigenvalue weighted by Crippen LogP contribution is -2.22. The van der Waals surface area contributed by atoms with Crippen LogP contribution in [0.2, 0.25) is 0 Å². The zero-order valence-corrected chi connectivity index (χ0v) is 10.4. The second-order valence-corrected chi connectivity index (χ2v) is 3.88. The fourth-order valence-corrected chi connectivity index (χ4v) is 1.53. The van der Waals surface area contributed by atoms with Gasteiger partial charge in [0.1, 0.15) is 5.78 Å². The van der Waals surface area contributed by atoms with E-state index in [-0.39, 0.29) is 11.8 Å². The highest BCUT2D eigenvalue weighted by atomic mass is 16.5. The summed E-state index contributed by atoms with van der Waals surface area (Å²) in [5.74, 6) is -0.234. The van der Waals surface area contributed by atoms with Gasteiger partial charge in [-0.15, -0.1) is 0 Å². The molecule has 0 bridgehead atoms. The Balaban J connectivity index is 2.88. The summed E-state index contributed by atoms with van der Waals surface area (Å²) in [5, 5.41) is 0. The first kappa shape index (κ1) is 13.2. The van der Waals surface area contributed by atoms with Crippen molar-refractivity contribution in [2.75, 3.05) is 25.6 Å². The van der Waals surface area contributed by atoms with Crippen molar-refractivity contribution in [3.05, 3.63) is 29.8 Å². The monoisotopic (exact) mass is 235 g/mol. The molecule has 17 heavy (non-hydrogen) atoms. The van der Waals surface area contributed by atoms with Crippen LogP contribution < -0.4 is 4.90 Å². The highest BCUT2D eigenvalue weighted by Gasteiger charge is 2.14. The number of carbonyl (C=O) groups is 2. The van der Waals surface area contributed by atoms with E-state index < -0.39 is 0 Å². The van der Waals surface area contributed by atoms with Crippen LogP contribution in [-0.4, -0.2) is 32.5 Å². The Morgan fingerprint density at radius 2 is 1.94 bits per heavy atom. The van der Waals surface area contributed by atoms with Gasteiger partial charge in [-0.2, -0.15) is 0 Å². The summed E-state index contributed by atoms with van der Waals surface area (Å²) in [4.78, 5) is 24.4. The first-order valence-electron chi connectivity index (χ1n) is 5.44. The van der Waals surface area contributed by atoms with Gasteiger partial charge in [-0.25, -0.2) is 4.79 Å². The summed E-state index contributed by atoms with van der Waals surface area (Å²) >= 11 is 0. The third-order valence-corrected chi connectivity index (χ3v) is 2.52. The topological polar surface area (TPSA) is 46.6 Å². The molecule has 0 aliphatic rings. The van der Waals surface area contributed by atoms with E-state index in [1.165, 1.54) is 7.11 Å². The van der Waals surface area contributed by atoms with Crippen LogP contribution in [0.15, 0.2) is 24.3 Å². The van der Waals surface area contributed by atoms with Gasteiger partial charge in [0, 0.05) is 20.0 Å². The van der Waals surface area contributed by atoms with Crippen LogP contribution in [0.5, 0.6) is 0 Å². The van der Waals surface area contributed by atoms with Crippen molar-refractivity contribution in [3.63, 3.8) is 0 Å². The Bertz CT molecular complexity index is 415. The van der Waals surface area contributed by atoms with Gasteiger partial charge in [-0.05, 0) is 19.1 Å². The summed E-state index contributed by atoms with van der Waals surface area (Å²) in [6.07, 6.45) is 0.464. The van der Waals surface area contributed by atoms with E-state index in [2.05, 4.69) is 0 Å². The number of rotatable bonds is 5. The molecule has 0 heterocycles. The molecule has 0 unspecified atom stereocenters. The Hall–Kier alpha value is -1.84. The number of para-hydroxylation sites is 1. The molecule has 0 saturated carbocycles. The Morgan fingerprint density at radius 3 is 2.53 bits per heavy atom. The fourth-order valence-electron chi connectivity index (χ4n) is 1.53. The Labute approximate surface area is 101 Å². The number of nitrogens with zero attached hydrogens (tertiary/aromatic N) is 1. The van der Waals surface area contributed by atoms with Crippen molar-refractivity contribution in [1.29, 1.82) is 0 Å². The molecule has 0 aromatic heterocycles. The van der Waals surface area contributed by atoms with E-state index in [1.807, 2.05) is 24.1 Å². The molecule has 0 N–H and O–H groups in total. The van der Waals surface area contributed by atoms with Gasteiger partial charge in [-0.3, -0.25) is 4.79 Å². The molecule has 0 atom stereocenters. The number of carbonyl (C=O) groups excluding carboxylic acids is 2. The third kappa shape index (κ3) is 3.59. The zero-order chi connectivity index (χ0) is 12.8. The quantitative estimate of drug-likeness (QED) is 0.731.